The third-order valence-electron chi connectivity index (χ3n) is 5.26. The summed E-state index contributed by atoms with van der Waals surface area (Å²) in [5.41, 5.74) is 2.73. The molecule has 29 heavy (non-hydrogen) atoms. The molecule has 7 heteroatoms. The highest BCUT2D eigenvalue weighted by atomic mass is 32.2. The fourth-order valence-corrected chi connectivity index (χ4v) is 4.96. The predicted octanol–water partition coefficient (Wildman–Crippen LogP) is 2.49. The van der Waals surface area contributed by atoms with Crippen LogP contribution in [0.15, 0.2) is 54.6 Å². The number of hydrogen-bond acceptors (Lipinski definition) is 4. The highest BCUT2D eigenvalue weighted by Gasteiger charge is 2.33. The van der Waals surface area contributed by atoms with Crippen molar-refractivity contribution in [3.05, 3.63) is 65.7 Å². The molecule has 3 rings (SSSR count). The van der Waals surface area contributed by atoms with E-state index in [1.807, 2.05) is 37.3 Å². The molecule has 0 spiro atoms. The molecule has 1 atom stereocenters. The second-order valence-electron chi connectivity index (χ2n) is 7.66. The molecule has 0 N–H and O–H groups in total. The van der Waals surface area contributed by atoms with E-state index in [4.69, 9.17) is 0 Å². The number of carbonyl (C=O) groups excluding carboxylic acids is 1. The molecular weight excluding hydrogens is 386 g/mol. The standard InChI is InChI=1S/C22H29N3O3S/c1-18-8-7-11-21(16-18)25(29(3,27)28)19(2)22(26)24-14-12-23(13-15-24)17-20-9-5-4-6-10-20/h4-11,16,19H,12-15,17H2,1-3H3. The maximum atomic E-state index is 13.1. The lowest BCUT2D eigenvalue weighted by atomic mass is 10.1. The Hall–Kier alpha value is -2.38. The van der Waals surface area contributed by atoms with Crippen LogP contribution in [0.25, 0.3) is 0 Å². The van der Waals surface area contributed by atoms with Gasteiger partial charge in [-0.15, -0.1) is 0 Å². The van der Waals surface area contributed by atoms with Gasteiger partial charge in [-0.2, -0.15) is 0 Å². The minimum atomic E-state index is -3.59. The van der Waals surface area contributed by atoms with Crippen LogP contribution in [0.5, 0.6) is 0 Å². The highest BCUT2D eigenvalue weighted by Crippen LogP contribution is 2.23. The molecule has 0 bridgehead atoms. The minimum absolute atomic E-state index is 0.156. The quantitative estimate of drug-likeness (QED) is 0.727. The van der Waals surface area contributed by atoms with Crippen molar-refractivity contribution in [2.45, 2.75) is 26.4 Å². The van der Waals surface area contributed by atoms with Crippen molar-refractivity contribution >= 4 is 21.6 Å². The van der Waals surface area contributed by atoms with Crippen LogP contribution in [-0.4, -0.2) is 62.6 Å². The van der Waals surface area contributed by atoms with Crippen LogP contribution in [0.1, 0.15) is 18.1 Å². The van der Waals surface area contributed by atoms with E-state index in [2.05, 4.69) is 17.0 Å². The van der Waals surface area contributed by atoms with Crippen LogP contribution >= 0.6 is 0 Å². The molecule has 0 saturated carbocycles. The van der Waals surface area contributed by atoms with E-state index in [9.17, 15) is 13.2 Å². The third kappa shape index (κ3) is 5.36. The molecule has 0 aliphatic carbocycles. The van der Waals surface area contributed by atoms with Gasteiger partial charge in [-0.1, -0.05) is 42.5 Å². The Morgan fingerprint density at radius 2 is 1.69 bits per heavy atom. The van der Waals surface area contributed by atoms with Crippen molar-refractivity contribution < 1.29 is 13.2 Å². The zero-order chi connectivity index (χ0) is 21.0. The van der Waals surface area contributed by atoms with Crippen LogP contribution in [0.4, 0.5) is 5.69 Å². The van der Waals surface area contributed by atoms with E-state index in [0.717, 1.165) is 31.5 Å². The Morgan fingerprint density at radius 3 is 2.28 bits per heavy atom. The monoisotopic (exact) mass is 415 g/mol. The van der Waals surface area contributed by atoms with Crippen LogP contribution < -0.4 is 4.31 Å². The molecule has 1 heterocycles. The Kier molecular flexibility index (Phi) is 6.59. The summed E-state index contributed by atoms with van der Waals surface area (Å²) >= 11 is 0. The number of rotatable bonds is 6. The number of sulfonamides is 1. The van der Waals surface area contributed by atoms with E-state index in [-0.39, 0.29) is 5.91 Å². The molecule has 2 aromatic rings. The summed E-state index contributed by atoms with van der Waals surface area (Å²) in [5, 5.41) is 0. The fraction of sp³-hybridized carbons (Fsp3) is 0.409. The smallest absolute Gasteiger partial charge is 0.246 e. The van der Waals surface area contributed by atoms with Crippen LogP contribution in [0.3, 0.4) is 0 Å². The normalized spacial score (nSPS) is 16.4. The number of amides is 1. The number of hydrogen-bond donors (Lipinski definition) is 0. The van der Waals surface area contributed by atoms with Gasteiger partial charge >= 0.3 is 0 Å². The van der Waals surface area contributed by atoms with Gasteiger partial charge in [-0.05, 0) is 37.1 Å². The maximum absolute atomic E-state index is 13.1. The molecule has 1 amide bonds. The zero-order valence-electron chi connectivity index (χ0n) is 17.3. The van der Waals surface area contributed by atoms with Crippen LogP contribution in [0.2, 0.25) is 0 Å². The Balaban J connectivity index is 1.67. The van der Waals surface area contributed by atoms with Crippen LogP contribution in [-0.2, 0) is 21.4 Å². The van der Waals surface area contributed by atoms with Gasteiger partial charge in [0.25, 0.3) is 0 Å². The maximum Gasteiger partial charge on any atom is 0.246 e. The zero-order valence-corrected chi connectivity index (χ0v) is 18.1. The summed E-state index contributed by atoms with van der Waals surface area (Å²) < 4.78 is 26.2. The van der Waals surface area contributed by atoms with Gasteiger partial charge in [-0.25, -0.2) is 8.42 Å². The van der Waals surface area contributed by atoms with Gasteiger partial charge < -0.3 is 4.90 Å². The molecular formula is C22H29N3O3S. The Morgan fingerprint density at radius 1 is 1.03 bits per heavy atom. The van der Waals surface area contributed by atoms with Crippen molar-refractivity contribution in [2.24, 2.45) is 0 Å². The van der Waals surface area contributed by atoms with Gasteiger partial charge in [0.05, 0.1) is 11.9 Å². The largest absolute Gasteiger partial charge is 0.338 e. The number of piperazine rings is 1. The molecule has 1 unspecified atom stereocenters. The second-order valence-corrected chi connectivity index (χ2v) is 9.52. The van der Waals surface area contributed by atoms with E-state index >= 15 is 0 Å². The van der Waals surface area contributed by atoms with Gasteiger partial charge in [0, 0.05) is 32.7 Å². The summed E-state index contributed by atoms with van der Waals surface area (Å²) in [6, 6.07) is 16.7. The van der Waals surface area contributed by atoms with Gasteiger partial charge in [0.1, 0.15) is 6.04 Å². The lowest BCUT2D eigenvalue weighted by Crippen LogP contribution is -2.55. The minimum Gasteiger partial charge on any atom is -0.338 e. The van der Waals surface area contributed by atoms with E-state index < -0.39 is 16.1 Å². The van der Waals surface area contributed by atoms with Crippen molar-refractivity contribution in [3.8, 4) is 0 Å². The SMILES string of the molecule is Cc1cccc(N(C(C)C(=O)N2CCN(Cc3ccccc3)CC2)S(C)(=O)=O)c1. The van der Waals surface area contributed by atoms with Crippen molar-refractivity contribution in [1.82, 2.24) is 9.80 Å². The first-order valence-electron chi connectivity index (χ1n) is 9.87. The summed E-state index contributed by atoms with van der Waals surface area (Å²) in [6.07, 6.45) is 1.15. The first-order valence-corrected chi connectivity index (χ1v) is 11.7. The topological polar surface area (TPSA) is 60.9 Å². The molecule has 2 aromatic carbocycles. The molecule has 1 saturated heterocycles. The average molecular weight is 416 g/mol. The molecule has 6 nitrogen and oxygen atoms in total. The average Bonchev–Trinajstić information content (AvgIpc) is 2.68. The van der Waals surface area contributed by atoms with Crippen molar-refractivity contribution in [2.75, 3.05) is 36.7 Å². The number of nitrogens with zero attached hydrogens (tertiary/aromatic N) is 3. The van der Waals surface area contributed by atoms with E-state index in [1.54, 1.807) is 24.0 Å². The molecule has 0 radical (unpaired) electrons. The Labute approximate surface area is 173 Å². The van der Waals surface area contributed by atoms with Gasteiger partial charge in [0.15, 0.2) is 0 Å². The molecule has 1 aliphatic rings. The molecule has 0 aromatic heterocycles. The van der Waals surface area contributed by atoms with E-state index in [0.29, 0.717) is 18.8 Å². The summed E-state index contributed by atoms with van der Waals surface area (Å²) in [5.74, 6) is -0.156. The first kappa shape index (κ1) is 21.3. The number of anilines is 1. The highest BCUT2D eigenvalue weighted by molar-refractivity contribution is 7.92. The summed E-state index contributed by atoms with van der Waals surface area (Å²) in [7, 11) is -3.59. The Bertz CT molecular complexity index is 939. The van der Waals surface area contributed by atoms with Crippen molar-refractivity contribution in [3.63, 3.8) is 0 Å². The number of benzene rings is 2. The molecule has 156 valence electrons. The van der Waals surface area contributed by atoms with Crippen molar-refractivity contribution in [1.29, 1.82) is 0 Å². The first-order chi connectivity index (χ1) is 13.8. The fourth-order valence-electron chi connectivity index (χ4n) is 3.80. The number of aryl methyl sites for hydroxylation is 1. The third-order valence-corrected chi connectivity index (χ3v) is 6.50. The summed E-state index contributed by atoms with van der Waals surface area (Å²) in [6.45, 7) is 7.18. The lowest BCUT2D eigenvalue weighted by Gasteiger charge is -2.38. The number of carbonyl (C=O) groups is 1. The summed E-state index contributed by atoms with van der Waals surface area (Å²) in [4.78, 5) is 17.2. The second kappa shape index (κ2) is 8.97. The van der Waals surface area contributed by atoms with Gasteiger partial charge in [0.2, 0.25) is 15.9 Å². The predicted molar refractivity (Wildman–Crippen MR) is 116 cm³/mol. The molecule has 1 aliphatic heterocycles. The lowest BCUT2D eigenvalue weighted by molar-refractivity contribution is -0.133. The van der Waals surface area contributed by atoms with E-state index in [1.165, 1.54) is 9.87 Å². The molecule has 1 fully saturated rings. The van der Waals surface area contributed by atoms with Crippen LogP contribution in [0, 0.1) is 6.92 Å². The van der Waals surface area contributed by atoms with Gasteiger partial charge in [-0.3, -0.25) is 14.0 Å².